The highest BCUT2D eigenvalue weighted by Gasteiger charge is 2.24. The van der Waals surface area contributed by atoms with Crippen LogP contribution < -0.4 is 10.2 Å². The van der Waals surface area contributed by atoms with Gasteiger partial charge >= 0.3 is 0 Å². The Morgan fingerprint density at radius 3 is 2.33 bits per heavy atom. The zero-order valence-corrected chi connectivity index (χ0v) is 20.1. The van der Waals surface area contributed by atoms with E-state index in [1.54, 1.807) is 50.2 Å². The molecular formula is C22H29N7O3S. The summed E-state index contributed by atoms with van der Waals surface area (Å²) < 4.78 is 29.0. The Hall–Kier alpha value is -3.31. The van der Waals surface area contributed by atoms with Crippen LogP contribution in [0.15, 0.2) is 53.7 Å². The highest BCUT2D eigenvalue weighted by Crippen LogP contribution is 2.31. The number of sulfonamides is 1. The molecule has 0 aliphatic heterocycles. The molecule has 11 heteroatoms. The Morgan fingerprint density at radius 2 is 1.73 bits per heavy atom. The number of anilines is 2. The Labute approximate surface area is 194 Å². The fourth-order valence-electron chi connectivity index (χ4n) is 3.59. The summed E-state index contributed by atoms with van der Waals surface area (Å²) in [5.74, 6) is -0.365. The van der Waals surface area contributed by atoms with Crippen LogP contribution in [-0.2, 0) is 10.0 Å². The van der Waals surface area contributed by atoms with E-state index >= 15 is 0 Å². The van der Waals surface area contributed by atoms with Crippen LogP contribution in [0.3, 0.4) is 0 Å². The second kappa shape index (κ2) is 10.5. The van der Waals surface area contributed by atoms with Gasteiger partial charge in [0.1, 0.15) is 6.33 Å². The first kappa shape index (κ1) is 24.3. The summed E-state index contributed by atoms with van der Waals surface area (Å²) in [5, 5.41) is 14.0. The van der Waals surface area contributed by atoms with Crippen LogP contribution in [-0.4, -0.2) is 65.0 Å². The Balaban J connectivity index is 2.01. The van der Waals surface area contributed by atoms with Crippen LogP contribution in [0.2, 0.25) is 0 Å². The van der Waals surface area contributed by atoms with Crippen molar-refractivity contribution in [2.75, 3.05) is 36.4 Å². The molecule has 0 fully saturated rings. The van der Waals surface area contributed by atoms with Crippen LogP contribution in [0, 0.1) is 0 Å². The molecule has 0 aliphatic rings. The quantitative estimate of drug-likeness (QED) is 0.484. The van der Waals surface area contributed by atoms with Gasteiger partial charge in [0.25, 0.3) is 5.91 Å². The number of benzene rings is 2. The van der Waals surface area contributed by atoms with Gasteiger partial charge in [-0.3, -0.25) is 4.79 Å². The largest absolute Gasteiger partial charge is 0.370 e. The van der Waals surface area contributed by atoms with Crippen molar-refractivity contribution in [1.82, 2.24) is 24.5 Å². The highest BCUT2D eigenvalue weighted by molar-refractivity contribution is 7.89. The van der Waals surface area contributed by atoms with E-state index in [0.717, 1.165) is 5.69 Å². The molecule has 10 nitrogen and oxygen atoms in total. The zero-order chi connectivity index (χ0) is 24.0. The van der Waals surface area contributed by atoms with Crippen LogP contribution in [0.5, 0.6) is 0 Å². The number of carbonyl (C=O) groups is 1. The summed E-state index contributed by atoms with van der Waals surface area (Å²) in [6.07, 6.45) is 1.44. The van der Waals surface area contributed by atoms with E-state index in [2.05, 4.69) is 25.7 Å². The predicted molar refractivity (Wildman–Crippen MR) is 127 cm³/mol. The highest BCUT2D eigenvalue weighted by atomic mass is 32.2. The predicted octanol–water partition coefficient (Wildman–Crippen LogP) is 2.79. The third kappa shape index (κ3) is 5.20. The van der Waals surface area contributed by atoms with Gasteiger partial charge < -0.3 is 10.2 Å². The van der Waals surface area contributed by atoms with Crippen molar-refractivity contribution in [3.63, 3.8) is 0 Å². The van der Waals surface area contributed by atoms with E-state index in [-0.39, 0.29) is 10.8 Å². The van der Waals surface area contributed by atoms with Gasteiger partial charge in [0, 0.05) is 31.7 Å². The second-order valence-corrected chi connectivity index (χ2v) is 9.14. The molecule has 1 aromatic heterocycles. The van der Waals surface area contributed by atoms with Crippen molar-refractivity contribution in [3.05, 3.63) is 54.4 Å². The molecule has 0 atom stereocenters. The lowest BCUT2D eigenvalue weighted by atomic mass is 10.1. The van der Waals surface area contributed by atoms with Crippen molar-refractivity contribution >= 4 is 27.3 Å². The third-order valence-corrected chi connectivity index (χ3v) is 7.43. The summed E-state index contributed by atoms with van der Waals surface area (Å²) in [6, 6.07) is 11.7. The fraction of sp³-hybridized carbons (Fsp3) is 0.364. The molecular weight excluding hydrogens is 442 g/mol. The number of hydrogen-bond acceptors (Lipinski definition) is 7. The lowest BCUT2D eigenvalue weighted by molar-refractivity contribution is 0.102. The van der Waals surface area contributed by atoms with Crippen LogP contribution in [0.4, 0.5) is 11.4 Å². The molecule has 1 heterocycles. The van der Waals surface area contributed by atoms with Gasteiger partial charge in [0.05, 0.1) is 22.0 Å². The first-order chi connectivity index (χ1) is 15.8. The molecule has 1 N–H and O–H groups in total. The van der Waals surface area contributed by atoms with Crippen molar-refractivity contribution in [2.24, 2.45) is 0 Å². The lowest BCUT2D eigenvalue weighted by Gasteiger charge is -2.26. The average Bonchev–Trinajstić information content (AvgIpc) is 3.36. The Morgan fingerprint density at radius 1 is 1.00 bits per heavy atom. The molecule has 176 valence electrons. The fourth-order valence-corrected chi connectivity index (χ4v) is 5.08. The lowest BCUT2D eigenvalue weighted by Crippen LogP contribution is -2.31. The van der Waals surface area contributed by atoms with Crippen molar-refractivity contribution < 1.29 is 13.2 Å². The molecule has 0 radical (unpaired) electrons. The van der Waals surface area contributed by atoms with Crippen LogP contribution in [0.1, 0.15) is 38.1 Å². The van der Waals surface area contributed by atoms with Gasteiger partial charge in [-0.15, -0.1) is 5.10 Å². The number of nitrogens with one attached hydrogen (secondary N) is 1. The van der Waals surface area contributed by atoms with E-state index in [9.17, 15) is 13.2 Å². The zero-order valence-electron chi connectivity index (χ0n) is 19.3. The SMILES string of the molecule is CCN(CC)c1ccc(S(=O)(=O)N(CC)CC)cc1NC(=O)c1cccc(-n2cnnn2)c1. The first-order valence-electron chi connectivity index (χ1n) is 10.9. The topological polar surface area (TPSA) is 113 Å². The number of amides is 1. The molecule has 1 amide bonds. The number of nitrogens with zero attached hydrogens (tertiary/aromatic N) is 6. The summed E-state index contributed by atoms with van der Waals surface area (Å²) in [7, 11) is -3.68. The molecule has 3 rings (SSSR count). The van der Waals surface area contributed by atoms with Crippen LogP contribution >= 0.6 is 0 Å². The molecule has 3 aromatic rings. The smallest absolute Gasteiger partial charge is 0.255 e. The Kier molecular flexibility index (Phi) is 7.77. The van der Waals surface area contributed by atoms with E-state index in [1.807, 2.05) is 13.8 Å². The monoisotopic (exact) mass is 471 g/mol. The number of hydrogen-bond donors (Lipinski definition) is 1. The van der Waals surface area contributed by atoms with Crippen molar-refractivity contribution in [2.45, 2.75) is 32.6 Å². The van der Waals surface area contributed by atoms with E-state index in [0.29, 0.717) is 43.1 Å². The van der Waals surface area contributed by atoms with E-state index < -0.39 is 10.0 Å². The van der Waals surface area contributed by atoms with Crippen molar-refractivity contribution in [3.8, 4) is 5.69 Å². The maximum atomic E-state index is 13.1. The minimum Gasteiger partial charge on any atom is -0.370 e. The molecule has 0 saturated heterocycles. The molecule has 0 unspecified atom stereocenters. The molecule has 0 spiro atoms. The Bertz CT molecular complexity index is 1190. The normalized spacial score (nSPS) is 11.5. The van der Waals surface area contributed by atoms with Gasteiger partial charge in [-0.25, -0.2) is 13.1 Å². The minimum absolute atomic E-state index is 0.139. The number of tetrazole rings is 1. The molecule has 0 aliphatic carbocycles. The summed E-state index contributed by atoms with van der Waals surface area (Å²) in [5.41, 5.74) is 2.22. The molecule has 33 heavy (non-hydrogen) atoms. The van der Waals surface area contributed by atoms with Gasteiger partial charge in [0.15, 0.2) is 0 Å². The van der Waals surface area contributed by atoms with Gasteiger partial charge in [0.2, 0.25) is 10.0 Å². The van der Waals surface area contributed by atoms with Crippen LogP contribution in [0.25, 0.3) is 5.69 Å². The van der Waals surface area contributed by atoms with Gasteiger partial charge in [-0.1, -0.05) is 19.9 Å². The number of rotatable bonds is 10. The third-order valence-electron chi connectivity index (χ3n) is 5.39. The summed E-state index contributed by atoms with van der Waals surface area (Å²) in [4.78, 5) is 15.3. The van der Waals surface area contributed by atoms with Crippen molar-refractivity contribution in [1.29, 1.82) is 0 Å². The number of carbonyl (C=O) groups excluding carboxylic acids is 1. The van der Waals surface area contributed by atoms with E-state index in [4.69, 9.17) is 0 Å². The average molecular weight is 472 g/mol. The molecule has 0 bridgehead atoms. The first-order valence-corrected chi connectivity index (χ1v) is 12.3. The molecule has 2 aromatic carbocycles. The maximum Gasteiger partial charge on any atom is 0.255 e. The second-order valence-electron chi connectivity index (χ2n) is 7.20. The minimum atomic E-state index is -3.68. The maximum absolute atomic E-state index is 13.1. The number of aromatic nitrogens is 4. The van der Waals surface area contributed by atoms with E-state index in [1.165, 1.54) is 21.4 Å². The molecule has 0 saturated carbocycles. The van der Waals surface area contributed by atoms with Gasteiger partial charge in [-0.2, -0.15) is 4.31 Å². The standard InChI is InChI=1S/C22H29N7O3S/c1-5-27(6-2)21-13-12-19(33(31,32)28(7-3)8-4)15-20(21)24-22(30)17-10-9-11-18(14-17)29-16-23-25-26-29/h9-16H,5-8H2,1-4H3,(H,24,30). The summed E-state index contributed by atoms with van der Waals surface area (Å²) in [6.45, 7) is 9.74. The van der Waals surface area contributed by atoms with Gasteiger partial charge in [-0.05, 0) is 60.7 Å². The summed E-state index contributed by atoms with van der Waals surface area (Å²) >= 11 is 0.